The summed E-state index contributed by atoms with van der Waals surface area (Å²) in [6, 6.07) is 17.1. The van der Waals surface area contributed by atoms with Gasteiger partial charge in [0.15, 0.2) is 11.0 Å². The summed E-state index contributed by atoms with van der Waals surface area (Å²) in [7, 11) is 0. The molecule has 0 aliphatic rings. The lowest BCUT2D eigenvalue weighted by atomic mass is 9.98. The van der Waals surface area contributed by atoms with E-state index in [1.54, 1.807) is 6.07 Å². The van der Waals surface area contributed by atoms with Gasteiger partial charge in [-0.1, -0.05) is 47.7 Å². The average molecular weight is 418 g/mol. The first-order valence-electron chi connectivity index (χ1n) is 9.24. The van der Waals surface area contributed by atoms with Gasteiger partial charge < -0.3 is 4.98 Å². The first kappa shape index (κ1) is 19.8. The summed E-state index contributed by atoms with van der Waals surface area (Å²) in [5.41, 5.74) is 3.31. The Bertz CT molecular complexity index is 1280. The Kier molecular flexibility index (Phi) is 5.33. The first-order valence-corrected chi connectivity index (χ1v) is 10.2. The molecule has 0 aliphatic carbocycles. The van der Waals surface area contributed by atoms with Gasteiger partial charge in [0.1, 0.15) is 5.78 Å². The summed E-state index contributed by atoms with van der Waals surface area (Å²) in [6.07, 6.45) is 0. The second-order valence-corrected chi connectivity index (χ2v) is 8.02. The van der Waals surface area contributed by atoms with Crippen LogP contribution in [0, 0.1) is 17.0 Å². The summed E-state index contributed by atoms with van der Waals surface area (Å²) in [4.78, 5) is 25.3. The van der Waals surface area contributed by atoms with Crippen molar-refractivity contribution in [1.82, 2.24) is 15.2 Å². The maximum absolute atomic E-state index is 11.5. The first-order chi connectivity index (χ1) is 14.4. The van der Waals surface area contributed by atoms with Crippen molar-refractivity contribution in [3.63, 3.8) is 0 Å². The molecule has 150 valence electrons. The smallest absolute Gasteiger partial charge is 0.270 e. The summed E-state index contributed by atoms with van der Waals surface area (Å²) < 4.78 is 0. The Hall–Kier alpha value is -3.52. The molecule has 0 bridgehead atoms. The molecule has 0 amide bonds. The van der Waals surface area contributed by atoms with Crippen molar-refractivity contribution in [2.45, 2.75) is 19.0 Å². The average Bonchev–Trinajstić information content (AvgIpc) is 3.20. The summed E-state index contributed by atoms with van der Waals surface area (Å²) in [6.45, 7) is 3.54. The molecule has 0 saturated carbocycles. The van der Waals surface area contributed by atoms with Gasteiger partial charge in [-0.15, -0.1) is 10.2 Å². The molecule has 0 aliphatic heterocycles. The Morgan fingerprint density at radius 3 is 2.50 bits per heavy atom. The zero-order valence-electron chi connectivity index (χ0n) is 16.4. The Morgan fingerprint density at radius 2 is 1.73 bits per heavy atom. The van der Waals surface area contributed by atoms with Crippen molar-refractivity contribution >= 4 is 34.0 Å². The molecule has 3 aromatic carbocycles. The van der Waals surface area contributed by atoms with Gasteiger partial charge in [0, 0.05) is 17.7 Å². The predicted molar refractivity (Wildman–Crippen MR) is 118 cm³/mol. The lowest BCUT2D eigenvalue weighted by molar-refractivity contribution is -0.384. The van der Waals surface area contributed by atoms with E-state index in [-0.39, 0.29) is 17.2 Å². The number of Topliss-reactive ketones (excluding diaryl/α,β-unsaturated/α-hetero) is 1. The molecule has 1 heterocycles. The standard InChI is InChI=1S/C22H18N4O3S/c1-13-3-4-16-8-17(6-5-15(16)7-13)18-9-19(11-20(10-18)26(28)29)21-23-22(25-24-21)30-12-14(2)27/h3-11H,12H2,1-2H3,(H,23,24,25). The van der Waals surface area contributed by atoms with Crippen LogP contribution in [0.15, 0.2) is 59.8 Å². The van der Waals surface area contributed by atoms with E-state index in [0.717, 1.165) is 21.9 Å². The molecule has 0 spiro atoms. The van der Waals surface area contributed by atoms with Gasteiger partial charge in [-0.05, 0) is 47.9 Å². The molecule has 8 heteroatoms. The number of hydrogen-bond donors (Lipinski definition) is 1. The van der Waals surface area contributed by atoms with Crippen molar-refractivity contribution < 1.29 is 9.72 Å². The monoisotopic (exact) mass is 418 g/mol. The van der Waals surface area contributed by atoms with Crippen LogP contribution in [0.4, 0.5) is 5.69 Å². The van der Waals surface area contributed by atoms with Crippen molar-refractivity contribution in [3.8, 4) is 22.5 Å². The van der Waals surface area contributed by atoms with Gasteiger partial charge in [0.2, 0.25) is 0 Å². The van der Waals surface area contributed by atoms with Crippen LogP contribution in [0.1, 0.15) is 12.5 Å². The van der Waals surface area contributed by atoms with E-state index < -0.39 is 4.92 Å². The number of ketones is 1. The number of aromatic amines is 1. The van der Waals surface area contributed by atoms with Crippen molar-refractivity contribution in [1.29, 1.82) is 0 Å². The third-order valence-electron chi connectivity index (χ3n) is 4.61. The molecule has 4 aromatic rings. The number of nitro benzene ring substituents is 1. The number of H-pyrrole nitrogens is 1. The number of aryl methyl sites for hydroxylation is 1. The molecule has 1 N–H and O–H groups in total. The number of aromatic nitrogens is 3. The van der Waals surface area contributed by atoms with Crippen molar-refractivity contribution in [2.24, 2.45) is 0 Å². The number of nitrogens with zero attached hydrogens (tertiary/aromatic N) is 3. The zero-order chi connectivity index (χ0) is 21.3. The summed E-state index contributed by atoms with van der Waals surface area (Å²) in [5.74, 6) is 0.732. The normalized spacial score (nSPS) is 11.0. The fraction of sp³-hybridized carbons (Fsp3) is 0.136. The molecule has 0 radical (unpaired) electrons. The van der Waals surface area contributed by atoms with Crippen LogP contribution in [0.3, 0.4) is 0 Å². The highest BCUT2D eigenvalue weighted by Crippen LogP contribution is 2.32. The lowest BCUT2D eigenvalue weighted by Crippen LogP contribution is -1.93. The van der Waals surface area contributed by atoms with E-state index in [1.165, 1.54) is 30.3 Å². The van der Waals surface area contributed by atoms with Crippen LogP contribution in [-0.4, -0.2) is 31.6 Å². The lowest BCUT2D eigenvalue weighted by Gasteiger charge is -2.07. The molecule has 0 atom stereocenters. The van der Waals surface area contributed by atoms with E-state index in [9.17, 15) is 14.9 Å². The third-order valence-corrected chi connectivity index (χ3v) is 5.62. The summed E-state index contributed by atoms with van der Waals surface area (Å²) >= 11 is 1.25. The van der Waals surface area contributed by atoms with E-state index >= 15 is 0 Å². The predicted octanol–water partition coefficient (Wildman–Crippen LogP) is 5.19. The quantitative estimate of drug-likeness (QED) is 0.263. The van der Waals surface area contributed by atoms with E-state index in [0.29, 0.717) is 16.5 Å². The van der Waals surface area contributed by atoms with Crippen LogP contribution in [-0.2, 0) is 4.79 Å². The van der Waals surface area contributed by atoms with Crippen LogP contribution < -0.4 is 0 Å². The topological polar surface area (TPSA) is 102 Å². The minimum Gasteiger partial charge on any atom is -0.316 e. The second kappa shape index (κ2) is 8.08. The number of benzene rings is 3. The number of rotatable bonds is 6. The minimum absolute atomic E-state index is 0.0270. The Balaban J connectivity index is 1.76. The summed E-state index contributed by atoms with van der Waals surface area (Å²) in [5, 5.41) is 22.3. The van der Waals surface area contributed by atoms with Crippen LogP contribution in [0.25, 0.3) is 33.3 Å². The van der Waals surface area contributed by atoms with Gasteiger partial charge in [-0.2, -0.15) is 0 Å². The van der Waals surface area contributed by atoms with Gasteiger partial charge in [0.25, 0.3) is 5.69 Å². The van der Waals surface area contributed by atoms with Gasteiger partial charge in [0.05, 0.1) is 10.7 Å². The molecule has 7 nitrogen and oxygen atoms in total. The van der Waals surface area contributed by atoms with E-state index in [1.807, 2.05) is 43.3 Å². The molecule has 0 unspecified atom stereocenters. The highest BCUT2D eigenvalue weighted by molar-refractivity contribution is 7.99. The van der Waals surface area contributed by atoms with E-state index in [2.05, 4.69) is 21.2 Å². The Morgan fingerprint density at radius 1 is 1.00 bits per heavy atom. The zero-order valence-corrected chi connectivity index (χ0v) is 17.2. The number of carbonyl (C=O) groups is 1. The Labute approximate surface area is 176 Å². The van der Waals surface area contributed by atoms with Crippen molar-refractivity contribution in [3.05, 3.63) is 70.3 Å². The number of nitrogens with one attached hydrogen (secondary N) is 1. The molecule has 0 fully saturated rings. The van der Waals surface area contributed by atoms with Gasteiger partial charge >= 0.3 is 0 Å². The highest BCUT2D eigenvalue weighted by Gasteiger charge is 2.15. The SMILES string of the molecule is CC(=O)CSc1nnc(-c2cc(-c3ccc4cc(C)ccc4c3)cc([N+](=O)[O-])c2)[nH]1. The molecule has 30 heavy (non-hydrogen) atoms. The van der Waals surface area contributed by atoms with Gasteiger partial charge in [-0.25, -0.2) is 0 Å². The molecular formula is C22H18N4O3S. The highest BCUT2D eigenvalue weighted by atomic mass is 32.2. The molecule has 0 saturated heterocycles. The number of nitro groups is 1. The number of hydrogen-bond acceptors (Lipinski definition) is 6. The number of non-ortho nitro benzene ring substituents is 1. The molecule has 1 aromatic heterocycles. The maximum Gasteiger partial charge on any atom is 0.270 e. The van der Waals surface area contributed by atoms with Crippen LogP contribution in [0.5, 0.6) is 0 Å². The van der Waals surface area contributed by atoms with Crippen molar-refractivity contribution in [2.75, 3.05) is 5.75 Å². The molecular weight excluding hydrogens is 400 g/mol. The maximum atomic E-state index is 11.5. The fourth-order valence-electron chi connectivity index (χ4n) is 3.18. The number of fused-ring (bicyclic) bond motifs is 1. The van der Waals surface area contributed by atoms with E-state index in [4.69, 9.17) is 0 Å². The van der Waals surface area contributed by atoms with Crippen LogP contribution >= 0.6 is 11.8 Å². The molecule has 4 rings (SSSR count). The third kappa shape index (κ3) is 4.23. The number of carbonyl (C=O) groups excluding carboxylic acids is 1. The second-order valence-electron chi connectivity index (χ2n) is 7.06. The fourth-order valence-corrected chi connectivity index (χ4v) is 3.78. The largest absolute Gasteiger partial charge is 0.316 e. The van der Waals surface area contributed by atoms with Gasteiger partial charge in [-0.3, -0.25) is 14.9 Å². The van der Waals surface area contributed by atoms with Crippen LogP contribution in [0.2, 0.25) is 0 Å². The minimum atomic E-state index is -0.417. The number of thioether (sulfide) groups is 1.